The van der Waals surface area contributed by atoms with E-state index in [1.165, 1.54) is 35.9 Å². The van der Waals surface area contributed by atoms with Crippen LogP contribution in [0.1, 0.15) is 24.3 Å². The van der Waals surface area contributed by atoms with Gasteiger partial charge in [0.05, 0.1) is 18.7 Å². The van der Waals surface area contributed by atoms with E-state index in [4.69, 9.17) is 4.42 Å². The number of benzene rings is 1. The van der Waals surface area contributed by atoms with Crippen molar-refractivity contribution in [1.29, 1.82) is 0 Å². The largest absolute Gasteiger partial charge is 0.449 e. The maximum absolute atomic E-state index is 14.3. The third kappa shape index (κ3) is 2.85. The van der Waals surface area contributed by atoms with Gasteiger partial charge in [-0.1, -0.05) is 13.0 Å². The van der Waals surface area contributed by atoms with Gasteiger partial charge in [0.2, 0.25) is 0 Å². The van der Waals surface area contributed by atoms with Crippen molar-refractivity contribution >= 4 is 0 Å². The Morgan fingerprint density at radius 3 is 2.83 bits per heavy atom. The van der Waals surface area contributed by atoms with Gasteiger partial charge in [-0.2, -0.15) is 5.10 Å². The smallest absolute Gasteiger partial charge is 0.200 e. The molecule has 3 aromatic rings. The highest BCUT2D eigenvalue weighted by Gasteiger charge is 2.42. The summed E-state index contributed by atoms with van der Waals surface area (Å²) in [5.41, 5.74) is -1.82. The van der Waals surface area contributed by atoms with Crippen molar-refractivity contribution in [1.82, 2.24) is 19.7 Å². The molecule has 2 heterocycles. The Bertz CT molecular complexity index is 777. The molecular formula is C15H14F2N4O2. The van der Waals surface area contributed by atoms with Gasteiger partial charge in [-0.05, 0) is 6.07 Å². The van der Waals surface area contributed by atoms with E-state index in [0.717, 1.165) is 12.1 Å². The lowest BCUT2D eigenvalue weighted by Crippen LogP contribution is -2.38. The third-order valence-electron chi connectivity index (χ3n) is 3.81. The predicted molar refractivity (Wildman–Crippen MR) is 75.2 cm³/mol. The van der Waals surface area contributed by atoms with Gasteiger partial charge in [0.25, 0.3) is 0 Å². The molecule has 1 N–H and O–H groups in total. The second-order valence-electron chi connectivity index (χ2n) is 5.23. The average molecular weight is 320 g/mol. The molecule has 0 saturated heterocycles. The van der Waals surface area contributed by atoms with Crippen LogP contribution in [0.2, 0.25) is 0 Å². The zero-order valence-corrected chi connectivity index (χ0v) is 12.2. The van der Waals surface area contributed by atoms with E-state index in [1.54, 1.807) is 6.92 Å². The van der Waals surface area contributed by atoms with Crippen molar-refractivity contribution in [2.24, 2.45) is 0 Å². The van der Waals surface area contributed by atoms with E-state index in [-0.39, 0.29) is 18.0 Å². The molecule has 6 nitrogen and oxygen atoms in total. The summed E-state index contributed by atoms with van der Waals surface area (Å²) < 4.78 is 34.1. The molecule has 0 fully saturated rings. The van der Waals surface area contributed by atoms with Crippen LogP contribution in [0.5, 0.6) is 0 Å². The molecule has 0 aliphatic carbocycles. The Morgan fingerprint density at radius 1 is 1.39 bits per heavy atom. The van der Waals surface area contributed by atoms with Gasteiger partial charge < -0.3 is 9.52 Å². The maximum Gasteiger partial charge on any atom is 0.200 e. The molecule has 0 aliphatic rings. The quantitative estimate of drug-likeness (QED) is 0.780. The molecule has 0 aliphatic heterocycles. The SMILES string of the molecule is CC(c1ncco1)C(O)(Cn1cncn1)c1ccc(F)cc1F. The lowest BCUT2D eigenvalue weighted by Gasteiger charge is -2.33. The van der Waals surface area contributed by atoms with E-state index in [0.29, 0.717) is 0 Å². The normalized spacial score (nSPS) is 15.3. The van der Waals surface area contributed by atoms with Crippen LogP contribution in [0, 0.1) is 11.6 Å². The number of nitrogens with zero attached hydrogens (tertiary/aromatic N) is 4. The number of oxazole rings is 1. The van der Waals surface area contributed by atoms with Crippen LogP contribution < -0.4 is 0 Å². The molecule has 0 amide bonds. The van der Waals surface area contributed by atoms with Crippen molar-refractivity contribution < 1.29 is 18.3 Å². The third-order valence-corrected chi connectivity index (χ3v) is 3.81. The second kappa shape index (κ2) is 5.88. The molecule has 0 radical (unpaired) electrons. The van der Waals surface area contributed by atoms with Crippen LogP contribution in [0.4, 0.5) is 8.78 Å². The predicted octanol–water partition coefficient (Wildman–Crippen LogP) is 2.24. The van der Waals surface area contributed by atoms with Crippen molar-refractivity contribution in [3.05, 3.63) is 66.4 Å². The standard InChI is InChI=1S/C15H14F2N4O2/c1-10(14-19-4-5-23-14)15(22,7-21-9-18-8-20-21)12-3-2-11(16)6-13(12)17/h2-6,8-10,22H,7H2,1H3. The number of aromatic nitrogens is 4. The molecule has 3 rings (SSSR count). The number of aliphatic hydroxyl groups is 1. The van der Waals surface area contributed by atoms with Gasteiger partial charge >= 0.3 is 0 Å². The van der Waals surface area contributed by atoms with Gasteiger partial charge in [-0.15, -0.1) is 0 Å². The van der Waals surface area contributed by atoms with Crippen LogP contribution in [0.25, 0.3) is 0 Å². The summed E-state index contributed by atoms with van der Waals surface area (Å²) in [7, 11) is 0. The summed E-state index contributed by atoms with van der Waals surface area (Å²) in [6, 6.07) is 3.03. The van der Waals surface area contributed by atoms with Crippen molar-refractivity contribution in [2.75, 3.05) is 0 Å². The Balaban J connectivity index is 2.08. The summed E-state index contributed by atoms with van der Waals surface area (Å²) in [6.07, 6.45) is 5.50. The Kier molecular flexibility index (Phi) is 3.91. The molecule has 0 spiro atoms. The first kappa shape index (κ1) is 15.3. The minimum absolute atomic E-state index is 0.0694. The summed E-state index contributed by atoms with van der Waals surface area (Å²) in [5, 5.41) is 15.2. The van der Waals surface area contributed by atoms with Crippen LogP contribution in [-0.2, 0) is 12.1 Å². The van der Waals surface area contributed by atoms with E-state index in [1.807, 2.05) is 0 Å². The number of rotatable bonds is 5. The van der Waals surface area contributed by atoms with Gasteiger partial charge in [-0.3, -0.25) is 0 Å². The zero-order chi connectivity index (χ0) is 16.4. The van der Waals surface area contributed by atoms with Gasteiger partial charge in [0.1, 0.15) is 36.2 Å². The molecule has 120 valence electrons. The molecule has 8 heteroatoms. The number of hydrogen-bond acceptors (Lipinski definition) is 5. The molecule has 2 unspecified atom stereocenters. The topological polar surface area (TPSA) is 77.0 Å². The van der Waals surface area contributed by atoms with Crippen LogP contribution in [-0.4, -0.2) is 24.9 Å². The molecule has 2 aromatic heterocycles. The lowest BCUT2D eigenvalue weighted by atomic mass is 9.81. The molecule has 23 heavy (non-hydrogen) atoms. The van der Waals surface area contributed by atoms with Crippen LogP contribution in [0.15, 0.2) is 47.7 Å². The first-order valence-electron chi connectivity index (χ1n) is 6.90. The fraction of sp³-hybridized carbons (Fsp3) is 0.267. The maximum atomic E-state index is 14.3. The zero-order valence-electron chi connectivity index (χ0n) is 12.2. The second-order valence-corrected chi connectivity index (χ2v) is 5.23. The first-order chi connectivity index (χ1) is 11.0. The first-order valence-corrected chi connectivity index (χ1v) is 6.90. The highest BCUT2D eigenvalue weighted by molar-refractivity contribution is 5.28. The number of halogens is 2. The van der Waals surface area contributed by atoms with E-state index >= 15 is 0 Å². The summed E-state index contributed by atoms with van der Waals surface area (Å²) in [5.74, 6) is -2.05. The highest BCUT2D eigenvalue weighted by atomic mass is 19.1. The van der Waals surface area contributed by atoms with E-state index in [9.17, 15) is 13.9 Å². The Labute approximate surface area is 130 Å². The van der Waals surface area contributed by atoms with Gasteiger partial charge in [0.15, 0.2) is 5.89 Å². The minimum Gasteiger partial charge on any atom is -0.449 e. The van der Waals surface area contributed by atoms with Crippen molar-refractivity contribution in [3.8, 4) is 0 Å². The summed E-state index contributed by atoms with van der Waals surface area (Å²) >= 11 is 0. The fourth-order valence-electron chi connectivity index (χ4n) is 2.51. The molecule has 0 saturated carbocycles. The monoisotopic (exact) mass is 320 g/mol. The number of hydrogen-bond donors (Lipinski definition) is 1. The molecule has 0 bridgehead atoms. The van der Waals surface area contributed by atoms with Crippen LogP contribution >= 0.6 is 0 Å². The molecule has 2 atom stereocenters. The average Bonchev–Trinajstić information content (AvgIpc) is 3.19. The van der Waals surface area contributed by atoms with Crippen molar-refractivity contribution in [3.63, 3.8) is 0 Å². The van der Waals surface area contributed by atoms with Gasteiger partial charge in [-0.25, -0.2) is 23.4 Å². The van der Waals surface area contributed by atoms with Crippen LogP contribution in [0.3, 0.4) is 0 Å². The lowest BCUT2D eigenvalue weighted by molar-refractivity contribution is -0.0182. The molecule has 1 aromatic carbocycles. The van der Waals surface area contributed by atoms with E-state index in [2.05, 4.69) is 15.1 Å². The molecular weight excluding hydrogens is 306 g/mol. The minimum atomic E-state index is -1.75. The van der Waals surface area contributed by atoms with Gasteiger partial charge in [0, 0.05) is 11.6 Å². The van der Waals surface area contributed by atoms with Crippen molar-refractivity contribution in [2.45, 2.75) is 25.0 Å². The van der Waals surface area contributed by atoms with E-state index < -0.39 is 23.2 Å². The summed E-state index contributed by atoms with van der Waals surface area (Å²) in [4.78, 5) is 7.82. The Morgan fingerprint density at radius 2 is 2.22 bits per heavy atom. The fourth-order valence-corrected chi connectivity index (χ4v) is 2.51. The summed E-state index contributed by atoms with van der Waals surface area (Å²) in [6.45, 7) is 1.55. The Hall–Kier alpha value is -2.61. The highest BCUT2D eigenvalue weighted by Crippen LogP contribution is 2.38.